The molecule has 0 spiro atoms. The summed E-state index contributed by atoms with van der Waals surface area (Å²) in [5.74, 6) is -0.236. The standard InChI is InChI=1S/C17H24FN3/c1-5-7-16-13(11-19-17(2,3)4)12-20-21(16)15-9-6-8-14(18)10-15/h6,8-10,12,19H,5,7,11H2,1-4H3. The molecule has 0 atom stereocenters. The zero-order chi connectivity index (χ0) is 15.5. The molecule has 1 aromatic heterocycles. The molecule has 0 fully saturated rings. The van der Waals surface area contributed by atoms with Crippen LogP contribution < -0.4 is 5.32 Å². The summed E-state index contributed by atoms with van der Waals surface area (Å²) >= 11 is 0. The van der Waals surface area contributed by atoms with Crippen LogP contribution in [0.3, 0.4) is 0 Å². The summed E-state index contributed by atoms with van der Waals surface area (Å²) in [4.78, 5) is 0. The summed E-state index contributed by atoms with van der Waals surface area (Å²) in [5, 5.41) is 7.94. The number of benzene rings is 1. The molecule has 1 heterocycles. The van der Waals surface area contributed by atoms with E-state index in [1.807, 2.05) is 16.9 Å². The zero-order valence-corrected chi connectivity index (χ0v) is 13.3. The molecule has 0 aliphatic rings. The van der Waals surface area contributed by atoms with Crippen LogP contribution >= 0.6 is 0 Å². The quantitative estimate of drug-likeness (QED) is 0.906. The second kappa shape index (κ2) is 6.39. The van der Waals surface area contributed by atoms with Gasteiger partial charge in [0.05, 0.1) is 11.9 Å². The van der Waals surface area contributed by atoms with Crippen LogP contribution in [0.5, 0.6) is 0 Å². The number of hydrogen-bond acceptors (Lipinski definition) is 2. The molecular weight excluding hydrogens is 265 g/mol. The van der Waals surface area contributed by atoms with Crippen molar-refractivity contribution in [2.45, 2.75) is 52.6 Å². The Labute approximate surface area is 126 Å². The second-order valence-corrected chi connectivity index (χ2v) is 6.36. The van der Waals surface area contributed by atoms with Gasteiger partial charge in [0.25, 0.3) is 0 Å². The van der Waals surface area contributed by atoms with Gasteiger partial charge in [-0.05, 0) is 45.4 Å². The van der Waals surface area contributed by atoms with Crippen LogP contribution in [0.15, 0.2) is 30.5 Å². The third-order valence-corrected chi connectivity index (χ3v) is 3.30. The van der Waals surface area contributed by atoms with Crippen molar-refractivity contribution in [2.24, 2.45) is 0 Å². The Bertz CT molecular complexity index is 596. The van der Waals surface area contributed by atoms with Gasteiger partial charge in [-0.2, -0.15) is 5.10 Å². The van der Waals surface area contributed by atoms with Gasteiger partial charge in [-0.15, -0.1) is 0 Å². The van der Waals surface area contributed by atoms with Gasteiger partial charge in [0.2, 0.25) is 0 Å². The minimum absolute atomic E-state index is 0.0600. The smallest absolute Gasteiger partial charge is 0.125 e. The maximum Gasteiger partial charge on any atom is 0.125 e. The van der Waals surface area contributed by atoms with E-state index in [1.54, 1.807) is 6.07 Å². The summed E-state index contributed by atoms with van der Waals surface area (Å²) in [6.45, 7) is 9.34. The van der Waals surface area contributed by atoms with Crippen molar-refractivity contribution in [3.05, 3.63) is 47.5 Å². The van der Waals surface area contributed by atoms with Crippen molar-refractivity contribution in [2.75, 3.05) is 0 Å². The van der Waals surface area contributed by atoms with E-state index in [0.29, 0.717) is 0 Å². The molecule has 0 aliphatic carbocycles. The first-order valence-electron chi connectivity index (χ1n) is 7.47. The Morgan fingerprint density at radius 1 is 1.29 bits per heavy atom. The van der Waals surface area contributed by atoms with Gasteiger partial charge in [0.15, 0.2) is 0 Å². The molecule has 0 bridgehead atoms. The lowest BCUT2D eigenvalue weighted by Gasteiger charge is -2.20. The molecule has 1 N–H and O–H groups in total. The summed E-state index contributed by atoms with van der Waals surface area (Å²) in [5.41, 5.74) is 3.17. The lowest BCUT2D eigenvalue weighted by Crippen LogP contribution is -2.35. The first-order valence-corrected chi connectivity index (χ1v) is 7.47. The molecule has 3 nitrogen and oxygen atoms in total. The molecular formula is C17H24FN3. The van der Waals surface area contributed by atoms with Crippen LogP contribution in [0, 0.1) is 5.82 Å². The number of nitrogens with one attached hydrogen (secondary N) is 1. The van der Waals surface area contributed by atoms with Crippen LogP contribution in [0.2, 0.25) is 0 Å². The largest absolute Gasteiger partial charge is 0.308 e. The van der Waals surface area contributed by atoms with Crippen LogP contribution in [-0.4, -0.2) is 15.3 Å². The third kappa shape index (κ3) is 4.14. The second-order valence-electron chi connectivity index (χ2n) is 6.36. The average Bonchev–Trinajstić information content (AvgIpc) is 2.79. The lowest BCUT2D eigenvalue weighted by atomic mass is 10.1. The van der Waals surface area contributed by atoms with Crippen LogP contribution in [0.1, 0.15) is 45.4 Å². The SMILES string of the molecule is CCCc1c(CNC(C)(C)C)cnn1-c1cccc(F)c1. The number of nitrogens with zero attached hydrogens (tertiary/aromatic N) is 2. The Hall–Kier alpha value is -1.68. The molecule has 0 aliphatic heterocycles. The molecule has 0 saturated heterocycles. The van der Waals surface area contributed by atoms with Crippen LogP contribution in [0.4, 0.5) is 4.39 Å². The van der Waals surface area contributed by atoms with Gasteiger partial charge in [-0.25, -0.2) is 9.07 Å². The lowest BCUT2D eigenvalue weighted by molar-refractivity contribution is 0.423. The highest BCUT2D eigenvalue weighted by Gasteiger charge is 2.15. The molecule has 1 aromatic carbocycles. The van der Waals surface area contributed by atoms with E-state index in [9.17, 15) is 4.39 Å². The molecule has 21 heavy (non-hydrogen) atoms. The molecule has 4 heteroatoms. The van der Waals surface area contributed by atoms with Crippen molar-refractivity contribution in [1.82, 2.24) is 15.1 Å². The predicted octanol–water partition coefficient (Wildman–Crippen LogP) is 3.85. The normalized spacial score (nSPS) is 11.9. The molecule has 0 amide bonds. The Kier molecular flexibility index (Phi) is 4.78. The maximum atomic E-state index is 13.4. The topological polar surface area (TPSA) is 29.9 Å². The molecule has 2 aromatic rings. The van der Waals surface area contributed by atoms with Crippen molar-refractivity contribution in [1.29, 1.82) is 0 Å². The third-order valence-electron chi connectivity index (χ3n) is 3.30. The van der Waals surface area contributed by atoms with E-state index in [-0.39, 0.29) is 11.4 Å². The van der Waals surface area contributed by atoms with Gasteiger partial charge < -0.3 is 5.32 Å². The summed E-state index contributed by atoms with van der Waals surface area (Å²) in [7, 11) is 0. The highest BCUT2D eigenvalue weighted by atomic mass is 19.1. The molecule has 2 rings (SSSR count). The number of aromatic nitrogens is 2. The van der Waals surface area contributed by atoms with Crippen molar-refractivity contribution < 1.29 is 4.39 Å². The molecule has 114 valence electrons. The monoisotopic (exact) mass is 289 g/mol. The minimum Gasteiger partial charge on any atom is -0.308 e. The van der Waals surface area contributed by atoms with E-state index < -0.39 is 0 Å². The molecule has 0 radical (unpaired) electrons. The van der Waals surface area contributed by atoms with Crippen LogP contribution in [0.25, 0.3) is 5.69 Å². The van der Waals surface area contributed by atoms with Gasteiger partial charge in [-0.1, -0.05) is 19.4 Å². The number of rotatable bonds is 5. The number of hydrogen-bond donors (Lipinski definition) is 1. The fourth-order valence-electron chi connectivity index (χ4n) is 2.25. The van der Waals surface area contributed by atoms with Gasteiger partial charge in [0, 0.05) is 23.3 Å². The summed E-state index contributed by atoms with van der Waals surface area (Å²) in [6.07, 6.45) is 3.84. The summed E-state index contributed by atoms with van der Waals surface area (Å²) in [6, 6.07) is 6.58. The Balaban J connectivity index is 2.32. The molecule has 0 unspecified atom stereocenters. The Morgan fingerprint density at radius 3 is 2.67 bits per heavy atom. The van der Waals surface area contributed by atoms with E-state index in [2.05, 4.69) is 38.1 Å². The molecule has 0 saturated carbocycles. The summed E-state index contributed by atoms with van der Waals surface area (Å²) < 4.78 is 15.3. The highest BCUT2D eigenvalue weighted by molar-refractivity contribution is 5.35. The van der Waals surface area contributed by atoms with E-state index in [0.717, 1.165) is 30.8 Å². The van der Waals surface area contributed by atoms with Crippen LogP contribution in [-0.2, 0) is 13.0 Å². The van der Waals surface area contributed by atoms with Gasteiger partial charge >= 0.3 is 0 Å². The fourth-order valence-corrected chi connectivity index (χ4v) is 2.25. The van der Waals surface area contributed by atoms with Gasteiger partial charge in [0.1, 0.15) is 5.82 Å². The van der Waals surface area contributed by atoms with Gasteiger partial charge in [-0.3, -0.25) is 0 Å². The predicted molar refractivity (Wildman–Crippen MR) is 84.1 cm³/mol. The number of halogens is 1. The average molecular weight is 289 g/mol. The minimum atomic E-state index is -0.236. The fraction of sp³-hybridized carbons (Fsp3) is 0.471. The first-order chi connectivity index (χ1) is 9.90. The Morgan fingerprint density at radius 2 is 2.05 bits per heavy atom. The van der Waals surface area contributed by atoms with Crippen molar-refractivity contribution in [3.8, 4) is 5.69 Å². The first kappa shape index (κ1) is 15.7. The van der Waals surface area contributed by atoms with E-state index in [4.69, 9.17) is 0 Å². The van der Waals surface area contributed by atoms with Crippen molar-refractivity contribution >= 4 is 0 Å². The van der Waals surface area contributed by atoms with Crippen molar-refractivity contribution in [3.63, 3.8) is 0 Å². The highest BCUT2D eigenvalue weighted by Crippen LogP contribution is 2.18. The van der Waals surface area contributed by atoms with E-state index >= 15 is 0 Å². The zero-order valence-electron chi connectivity index (χ0n) is 13.3. The van der Waals surface area contributed by atoms with E-state index in [1.165, 1.54) is 17.7 Å². The maximum absolute atomic E-state index is 13.4.